The van der Waals surface area contributed by atoms with Crippen molar-refractivity contribution in [1.82, 2.24) is 24.8 Å². The molecule has 4 fully saturated rings. The van der Waals surface area contributed by atoms with Crippen molar-refractivity contribution in [1.29, 1.82) is 0 Å². The van der Waals surface area contributed by atoms with Crippen LogP contribution < -0.4 is 9.64 Å². The number of aromatic nitrogens is 3. The number of ether oxygens (including phenoxy) is 2. The number of amides is 1. The van der Waals surface area contributed by atoms with Gasteiger partial charge in [0.2, 0.25) is 0 Å². The standard InChI is InChI=1S/C40H40F4N6O3/c1-5-24-26(42)12-10-21-8-6-9-25(30(21)24)33-32(44)35-31-34(45-33)27(43)16-29-28-13-11-23(50(28)38(51)53-39(2,3)4)19-49(29)36(31)47-37(46-35)52-20-40-14-7-15-48(40)18-22(41)17-40/h1,6,8-10,12,22-23,27-29H,7,11,13-20H2,2-4H3/t22-,23-,27-,28+,29-,40+/m1/s1. The fraction of sp³-hybridized carbons (Fsp3) is 0.500. The Morgan fingerprint density at radius 1 is 1.06 bits per heavy atom. The highest BCUT2D eigenvalue weighted by Crippen LogP contribution is 2.49. The van der Waals surface area contributed by atoms with Crippen molar-refractivity contribution in [2.24, 2.45) is 0 Å². The summed E-state index contributed by atoms with van der Waals surface area (Å²) in [7, 11) is 0. The van der Waals surface area contributed by atoms with Crippen LogP contribution in [0.4, 0.5) is 28.2 Å². The molecule has 7 heterocycles. The van der Waals surface area contributed by atoms with Gasteiger partial charge in [0, 0.05) is 36.9 Å². The monoisotopic (exact) mass is 728 g/mol. The zero-order valence-electron chi connectivity index (χ0n) is 29.8. The number of anilines is 1. The van der Waals surface area contributed by atoms with Crippen molar-refractivity contribution in [2.75, 3.05) is 31.1 Å². The van der Waals surface area contributed by atoms with Gasteiger partial charge in [0.15, 0.2) is 5.82 Å². The van der Waals surface area contributed by atoms with Crippen molar-refractivity contribution >= 4 is 33.6 Å². The summed E-state index contributed by atoms with van der Waals surface area (Å²) in [5.74, 6) is 1.16. The van der Waals surface area contributed by atoms with Gasteiger partial charge in [-0.1, -0.05) is 30.2 Å². The smallest absolute Gasteiger partial charge is 0.410 e. The lowest BCUT2D eigenvalue weighted by Gasteiger charge is -2.47. The van der Waals surface area contributed by atoms with Gasteiger partial charge in [-0.15, -0.1) is 6.42 Å². The van der Waals surface area contributed by atoms with Crippen molar-refractivity contribution in [3.05, 3.63) is 53.2 Å². The second kappa shape index (κ2) is 12.2. The number of terminal acetylenes is 1. The van der Waals surface area contributed by atoms with Crippen LogP contribution in [0, 0.1) is 24.0 Å². The third-order valence-electron chi connectivity index (χ3n) is 11.8. The van der Waals surface area contributed by atoms with E-state index in [2.05, 4.69) is 20.8 Å². The summed E-state index contributed by atoms with van der Waals surface area (Å²) < 4.78 is 76.1. The molecule has 2 aromatic heterocycles. The Kier molecular flexibility index (Phi) is 7.82. The molecule has 53 heavy (non-hydrogen) atoms. The van der Waals surface area contributed by atoms with E-state index in [0.29, 0.717) is 37.7 Å². The van der Waals surface area contributed by atoms with Gasteiger partial charge >= 0.3 is 12.1 Å². The minimum absolute atomic E-state index is 0.0562. The summed E-state index contributed by atoms with van der Waals surface area (Å²) in [6, 6.07) is 6.48. The third-order valence-corrected chi connectivity index (χ3v) is 11.8. The molecule has 9 rings (SSSR count). The number of alkyl halides is 2. The SMILES string of the molecule is C#Cc1c(F)ccc2cccc(-c3nc4c5c(nc(OC[C@@]67CCCN6C[C@H](F)C7)nc5c3F)N3C[C@H]5CC[C@@H]([C@H]3C[C@H]4F)N5C(=O)OC(C)(C)C)c12. The summed E-state index contributed by atoms with van der Waals surface area (Å²) in [5.41, 5.74) is -1.60. The summed E-state index contributed by atoms with van der Waals surface area (Å²) in [6.45, 7) is 6.91. The molecule has 1 amide bonds. The van der Waals surface area contributed by atoms with Gasteiger partial charge in [0.1, 0.15) is 47.4 Å². The molecular weight excluding hydrogens is 688 g/mol. The number of hydrogen-bond donors (Lipinski definition) is 0. The van der Waals surface area contributed by atoms with Crippen LogP contribution in [0.5, 0.6) is 6.01 Å². The zero-order chi connectivity index (χ0) is 37.0. The van der Waals surface area contributed by atoms with Gasteiger partial charge < -0.3 is 14.4 Å². The molecule has 6 atom stereocenters. The fourth-order valence-electron chi connectivity index (χ4n) is 9.67. The second-order valence-electron chi connectivity index (χ2n) is 16.2. The van der Waals surface area contributed by atoms with Crippen LogP contribution in [-0.4, -0.2) is 92.5 Å². The van der Waals surface area contributed by atoms with E-state index >= 15 is 13.2 Å². The van der Waals surface area contributed by atoms with Crippen LogP contribution in [0.1, 0.15) is 76.7 Å². The van der Waals surface area contributed by atoms with Gasteiger partial charge in [-0.05, 0) is 64.5 Å². The van der Waals surface area contributed by atoms with Gasteiger partial charge in [-0.3, -0.25) is 9.80 Å². The molecule has 4 saturated heterocycles. The van der Waals surface area contributed by atoms with Crippen molar-refractivity contribution in [3.8, 4) is 29.6 Å². The molecule has 0 unspecified atom stereocenters. The van der Waals surface area contributed by atoms with E-state index in [1.54, 1.807) is 49.9 Å². The topological polar surface area (TPSA) is 83.9 Å². The molecule has 0 aliphatic carbocycles. The number of benzene rings is 2. The molecule has 5 aliphatic rings. The molecule has 0 radical (unpaired) electrons. The van der Waals surface area contributed by atoms with Crippen molar-refractivity contribution < 1.29 is 31.8 Å². The number of rotatable bonds is 4. The third kappa shape index (κ3) is 5.38. The highest BCUT2D eigenvalue weighted by molar-refractivity contribution is 6.03. The Hall–Kier alpha value is -4.70. The van der Waals surface area contributed by atoms with E-state index in [1.807, 2.05) is 4.90 Å². The maximum absolute atomic E-state index is 17.3. The second-order valence-corrected chi connectivity index (χ2v) is 16.2. The van der Waals surface area contributed by atoms with E-state index in [9.17, 15) is 9.18 Å². The highest BCUT2D eigenvalue weighted by atomic mass is 19.1. The summed E-state index contributed by atoms with van der Waals surface area (Å²) in [4.78, 5) is 33.5. The first-order chi connectivity index (χ1) is 25.4. The maximum atomic E-state index is 17.3. The van der Waals surface area contributed by atoms with Crippen LogP contribution >= 0.6 is 0 Å². The largest absolute Gasteiger partial charge is 0.461 e. The molecule has 4 aromatic rings. The Bertz CT molecular complexity index is 2220. The first-order valence-electron chi connectivity index (χ1n) is 18.4. The Balaban J connectivity index is 1.22. The van der Waals surface area contributed by atoms with Crippen LogP contribution in [0.25, 0.3) is 32.9 Å². The molecule has 2 aromatic carbocycles. The van der Waals surface area contributed by atoms with Crippen LogP contribution in [-0.2, 0) is 4.74 Å². The number of hydrogen-bond acceptors (Lipinski definition) is 8. The number of carbonyl (C=O) groups excluding carboxylic acids is 1. The summed E-state index contributed by atoms with van der Waals surface area (Å²) >= 11 is 0. The molecule has 2 bridgehead atoms. The predicted molar refractivity (Wildman–Crippen MR) is 191 cm³/mol. The lowest BCUT2D eigenvalue weighted by Crippen LogP contribution is -2.62. The van der Waals surface area contributed by atoms with Gasteiger partial charge in [-0.25, -0.2) is 27.3 Å². The Labute approximate surface area is 304 Å². The fourth-order valence-corrected chi connectivity index (χ4v) is 9.67. The number of piperazine rings is 1. The van der Waals surface area contributed by atoms with Gasteiger partial charge in [0.25, 0.3) is 0 Å². The highest BCUT2D eigenvalue weighted by Gasteiger charge is 2.53. The normalized spacial score (nSPS) is 27.8. The number of nitrogens with zero attached hydrogens (tertiary/aromatic N) is 6. The minimum atomic E-state index is -1.71. The van der Waals surface area contributed by atoms with Gasteiger partial charge in [0.05, 0.1) is 40.3 Å². The average molecular weight is 729 g/mol. The molecular formula is C40H40F4N6O3. The lowest BCUT2D eigenvalue weighted by molar-refractivity contribution is 0.00599. The maximum Gasteiger partial charge on any atom is 0.410 e. The molecule has 0 saturated carbocycles. The van der Waals surface area contributed by atoms with E-state index < -0.39 is 53.3 Å². The molecule has 13 heteroatoms. The number of fused-ring (bicyclic) bond motifs is 7. The number of pyridine rings is 1. The van der Waals surface area contributed by atoms with Crippen LogP contribution in [0.2, 0.25) is 0 Å². The lowest BCUT2D eigenvalue weighted by atomic mass is 9.95. The first-order valence-corrected chi connectivity index (χ1v) is 18.4. The molecule has 276 valence electrons. The number of halogens is 4. The predicted octanol–water partition coefficient (Wildman–Crippen LogP) is 7.43. The van der Waals surface area contributed by atoms with Crippen molar-refractivity contribution in [2.45, 2.75) is 101 Å². The van der Waals surface area contributed by atoms with E-state index in [1.165, 1.54) is 6.07 Å². The molecule has 9 nitrogen and oxygen atoms in total. The molecule has 0 spiro atoms. The Morgan fingerprint density at radius 3 is 2.68 bits per heavy atom. The summed E-state index contributed by atoms with van der Waals surface area (Å²) in [6.07, 6.45) is 5.83. The van der Waals surface area contributed by atoms with Crippen molar-refractivity contribution in [3.63, 3.8) is 0 Å². The quantitative estimate of drug-likeness (QED) is 0.159. The Morgan fingerprint density at radius 2 is 1.89 bits per heavy atom. The van der Waals surface area contributed by atoms with E-state index in [4.69, 9.17) is 20.9 Å². The zero-order valence-corrected chi connectivity index (χ0v) is 29.8. The van der Waals surface area contributed by atoms with E-state index in [-0.39, 0.29) is 69.7 Å². The average Bonchev–Trinajstić information content (AvgIpc) is 3.73. The van der Waals surface area contributed by atoms with Gasteiger partial charge in [-0.2, -0.15) is 9.97 Å². The van der Waals surface area contributed by atoms with Crippen LogP contribution in [0.15, 0.2) is 30.3 Å². The van der Waals surface area contributed by atoms with E-state index in [0.717, 1.165) is 19.4 Å². The summed E-state index contributed by atoms with van der Waals surface area (Å²) in [5, 5.41) is 0.951. The molecule has 5 aliphatic heterocycles. The number of carbonyl (C=O) groups is 1. The molecule has 0 N–H and O–H groups in total. The van der Waals surface area contributed by atoms with Crippen LogP contribution in [0.3, 0.4) is 0 Å². The minimum Gasteiger partial charge on any atom is -0.461 e. The first kappa shape index (κ1) is 34.1.